The lowest BCUT2D eigenvalue weighted by atomic mass is 9.79. The van der Waals surface area contributed by atoms with Crippen molar-refractivity contribution in [3.8, 4) is 0 Å². The Morgan fingerprint density at radius 3 is 2.83 bits per heavy atom. The summed E-state index contributed by atoms with van der Waals surface area (Å²) in [6.45, 7) is 0. The van der Waals surface area contributed by atoms with Crippen LogP contribution in [0.3, 0.4) is 0 Å². The van der Waals surface area contributed by atoms with E-state index in [1.807, 2.05) is 0 Å². The van der Waals surface area contributed by atoms with Crippen LogP contribution in [0.1, 0.15) is 6.42 Å². The van der Waals surface area contributed by atoms with E-state index in [9.17, 15) is 0 Å². The van der Waals surface area contributed by atoms with E-state index in [1.165, 1.54) is 0 Å². The molecule has 0 aromatic heterocycles. The number of rotatable bonds is 1. The maximum atomic E-state index is 5.42. The number of methoxy groups -OCH3 is 1. The number of hydrogen-bond acceptors (Lipinski definition) is 1. The topological polar surface area (TPSA) is 9.23 Å². The van der Waals surface area contributed by atoms with Crippen molar-refractivity contribution >= 4 is 0 Å². The van der Waals surface area contributed by atoms with Crippen molar-refractivity contribution in [2.45, 2.75) is 12.5 Å². The Kier molecular flexibility index (Phi) is 2.13. The van der Waals surface area contributed by atoms with Gasteiger partial charge in [0, 0.05) is 18.9 Å². The molecule has 3 unspecified atom stereocenters. The highest BCUT2D eigenvalue weighted by molar-refractivity contribution is 5.22. The number of ether oxygens (including phenoxy) is 1. The molecule has 2 rings (SSSR count). The van der Waals surface area contributed by atoms with Crippen LogP contribution in [0.2, 0.25) is 0 Å². The average molecular weight is 162 g/mol. The zero-order valence-electron chi connectivity index (χ0n) is 7.31. The average Bonchev–Trinajstić information content (AvgIpc) is 2.17. The summed E-state index contributed by atoms with van der Waals surface area (Å²) in [6, 6.07) is 0. The largest absolute Gasteiger partial charge is 0.380 e. The minimum absolute atomic E-state index is 0.376. The van der Waals surface area contributed by atoms with Crippen molar-refractivity contribution in [1.82, 2.24) is 0 Å². The quantitative estimate of drug-likeness (QED) is 0.538. The van der Waals surface area contributed by atoms with E-state index < -0.39 is 0 Å². The maximum absolute atomic E-state index is 5.42. The van der Waals surface area contributed by atoms with Gasteiger partial charge in [-0.25, -0.2) is 0 Å². The molecule has 2 aliphatic rings. The van der Waals surface area contributed by atoms with Gasteiger partial charge in [0.1, 0.15) is 0 Å². The molecule has 0 aromatic carbocycles. The molecule has 12 heavy (non-hydrogen) atoms. The Morgan fingerprint density at radius 2 is 2.00 bits per heavy atom. The van der Waals surface area contributed by atoms with Gasteiger partial charge in [0.25, 0.3) is 0 Å². The summed E-state index contributed by atoms with van der Waals surface area (Å²) in [5.41, 5.74) is 0. The highest BCUT2D eigenvalue weighted by atomic mass is 16.5. The summed E-state index contributed by atoms with van der Waals surface area (Å²) in [7, 11) is 1.80. The van der Waals surface area contributed by atoms with Crippen LogP contribution in [-0.2, 0) is 4.74 Å². The molecule has 0 saturated heterocycles. The second-order valence-electron chi connectivity index (χ2n) is 3.36. The van der Waals surface area contributed by atoms with Crippen molar-refractivity contribution in [1.29, 1.82) is 0 Å². The first-order valence-corrected chi connectivity index (χ1v) is 4.46. The van der Waals surface area contributed by atoms with Gasteiger partial charge in [0.2, 0.25) is 0 Å². The second kappa shape index (κ2) is 3.28. The van der Waals surface area contributed by atoms with Crippen molar-refractivity contribution in [2.75, 3.05) is 7.11 Å². The smallest absolute Gasteiger partial charge is 0.0677 e. The molecule has 0 aromatic rings. The normalized spacial score (nSPS) is 38.2. The third-order valence-corrected chi connectivity index (χ3v) is 2.68. The van der Waals surface area contributed by atoms with Crippen LogP contribution >= 0.6 is 0 Å². The Labute approximate surface area is 73.4 Å². The molecule has 0 radical (unpaired) electrons. The van der Waals surface area contributed by atoms with Gasteiger partial charge in [0.15, 0.2) is 0 Å². The number of allylic oxidation sites excluding steroid dienone is 4. The van der Waals surface area contributed by atoms with Crippen molar-refractivity contribution in [3.05, 3.63) is 36.5 Å². The van der Waals surface area contributed by atoms with Crippen LogP contribution in [0.4, 0.5) is 0 Å². The van der Waals surface area contributed by atoms with E-state index in [1.54, 1.807) is 7.11 Å². The van der Waals surface area contributed by atoms with E-state index in [-0.39, 0.29) is 0 Å². The molecule has 0 saturated carbocycles. The first-order chi connectivity index (χ1) is 5.92. The van der Waals surface area contributed by atoms with E-state index in [0.717, 1.165) is 6.42 Å². The lowest BCUT2D eigenvalue weighted by molar-refractivity contribution is 0.0574. The summed E-state index contributed by atoms with van der Waals surface area (Å²) in [5.74, 6) is 1.12. The molecule has 2 aliphatic carbocycles. The maximum Gasteiger partial charge on any atom is 0.0677 e. The highest BCUT2D eigenvalue weighted by Gasteiger charge is 2.27. The van der Waals surface area contributed by atoms with E-state index in [4.69, 9.17) is 4.74 Å². The molecule has 0 amide bonds. The van der Waals surface area contributed by atoms with Gasteiger partial charge >= 0.3 is 0 Å². The van der Waals surface area contributed by atoms with Gasteiger partial charge in [-0.05, 0) is 6.42 Å². The molecule has 64 valence electrons. The van der Waals surface area contributed by atoms with Crippen LogP contribution in [-0.4, -0.2) is 13.2 Å². The molecule has 1 nitrogen and oxygen atoms in total. The minimum atomic E-state index is 0.376. The predicted molar refractivity (Wildman–Crippen MR) is 49.8 cm³/mol. The molecule has 0 bridgehead atoms. The van der Waals surface area contributed by atoms with Gasteiger partial charge in [-0.3, -0.25) is 0 Å². The lowest BCUT2D eigenvalue weighted by Crippen LogP contribution is -2.29. The Hall–Kier alpha value is -0.820. The molecular formula is C11H14O. The monoisotopic (exact) mass is 162 g/mol. The third kappa shape index (κ3) is 1.25. The molecule has 0 heterocycles. The fourth-order valence-electron chi connectivity index (χ4n) is 1.99. The summed E-state index contributed by atoms with van der Waals surface area (Å²) in [6.07, 6.45) is 14.7. The zero-order valence-corrected chi connectivity index (χ0v) is 7.31. The van der Waals surface area contributed by atoms with Gasteiger partial charge < -0.3 is 4.74 Å². The molecular weight excluding hydrogens is 148 g/mol. The van der Waals surface area contributed by atoms with Gasteiger partial charge in [0.05, 0.1) is 6.10 Å². The van der Waals surface area contributed by atoms with Crippen LogP contribution in [0.25, 0.3) is 0 Å². The van der Waals surface area contributed by atoms with E-state index in [2.05, 4.69) is 36.5 Å². The highest BCUT2D eigenvalue weighted by Crippen LogP contribution is 2.31. The molecule has 0 spiro atoms. The molecule has 0 fully saturated rings. The number of hydrogen-bond donors (Lipinski definition) is 0. The summed E-state index contributed by atoms with van der Waals surface area (Å²) in [5, 5.41) is 0. The Morgan fingerprint density at radius 1 is 1.17 bits per heavy atom. The summed E-state index contributed by atoms with van der Waals surface area (Å²) < 4.78 is 5.42. The molecule has 3 atom stereocenters. The van der Waals surface area contributed by atoms with Crippen molar-refractivity contribution < 1.29 is 4.74 Å². The predicted octanol–water partition coefficient (Wildman–Crippen LogP) is 2.32. The van der Waals surface area contributed by atoms with Gasteiger partial charge in [-0.15, -0.1) is 0 Å². The summed E-state index contributed by atoms with van der Waals surface area (Å²) in [4.78, 5) is 0. The van der Waals surface area contributed by atoms with E-state index in [0.29, 0.717) is 17.9 Å². The lowest BCUT2D eigenvalue weighted by Gasteiger charge is -2.31. The fraction of sp³-hybridized carbons (Fsp3) is 0.455. The Bertz CT molecular complexity index is 237. The zero-order chi connectivity index (χ0) is 8.39. The molecule has 0 aliphatic heterocycles. The SMILES string of the molecule is COC1CC=CC2C=CC=CC21. The van der Waals surface area contributed by atoms with Gasteiger partial charge in [-0.2, -0.15) is 0 Å². The first kappa shape index (κ1) is 7.81. The minimum Gasteiger partial charge on any atom is -0.380 e. The third-order valence-electron chi connectivity index (χ3n) is 2.68. The number of fused-ring (bicyclic) bond motifs is 1. The van der Waals surface area contributed by atoms with Crippen LogP contribution < -0.4 is 0 Å². The molecule has 1 heteroatoms. The Balaban J connectivity index is 2.20. The van der Waals surface area contributed by atoms with E-state index >= 15 is 0 Å². The van der Waals surface area contributed by atoms with Gasteiger partial charge in [-0.1, -0.05) is 36.5 Å². The summed E-state index contributed by atoms with van der Waals surface area (Å²) >= 11 is 0. The van der Waals surface area contributed by atoms with Crippen molar-refractivity contribution in [3.63, 3.8) is 0 Å². The van der Waals surface area contributed by atoms with Crippen LogP contribution in [0, 0.1) is 11.8 Å². The second-order valence-corrected chi connectivity index (χ2v) is 3.36. The van der Waals surface area contributed by atoms with Crippen molar-refractivity contribution in [2.24, 2.45) is 11.8 Å². The van der Waals surface area contributed by atoms with Crippen LogP contribution in [0.15, 0.2) is 36.5 Å². The van der Waals surface area contributed by atoms with Crippen LogP contribution in [0.5, 0.6) is 0 Å². The standard InChI is InChI=1S/C11H14O/c1-12-11-8-4-6-9-5-2-3-7-10(9)11/h2-7,9-11H,8H2,1H3. The fourth-order valence-corrected chi connectivity index (χ4v) is 1.99. The first-order valence-electron chi connectivity index (χ1n) is 4.46. The molecule has 0 N–H and O–H groups in total.